The number of piperidine rings is 1. The van der Waals surface area contributed by atoms with Gasteiger partial charge in [-0.2, -0.15) is 0 Å². The third kappa shape index (κ3) is 3.96. The van der Waals surface area contributed by atoms with Gasteiger partial charge < -0.3 is 15.3 Å². The monoisotopic (exact) mass is 296 g/mol. The topological polar surface area (TPSA) is 69.6 Å². The lowest BCUT2D eigenvalue weighted by Crippen LogP contribution is -2.49. The van der Waals surface area contributed by atoms with Gasteiger partial charge in [0.15, 0.2) is 0 Å². The molecule has 5 nitrogen and oxygen atoms in total. The highest BCUT2D eigenvalue weighted by atomic mass is 16.3. The molecule has 0 radical (unpaired) electrons. The van der Waals surface area contributed by atoms with Crippen molar-refractivity contribution in [3.05, 3.63) is 0 Å². The Balaban J connectivity index is 1.85. The van der Waals surface area contributed by atoms with E-state index in [9.17, 15) is 14.7 Å². The summed E-state index contributed by atoms with van der Waals surface area (Å²) in [6.45, 7) is 7.72. The summed E-state index contributed by atoms with van der Waals surface area (Å²) < 4.78 is 0. The van der Waals surface area contributed by atoms with Gasteiger partial charge in [-0.1, -0.05) is 20.8 Å². The van der Waals surface area contributed by atoms with Crippen molar-refractivity contribution >= 4 is 11.8 Å². The predicted octanol–water partition coefficient (Wildman–Crippen LogP) is 1.16. The first kappa shape index (κ1) is 16.3. The molecule has 1 aliphatic carbocycles. The van der Waals surface area contributed by atoms with Crippen molar-refractivity contribution in [2.45, 2.75) is 46.5 Å². The van der Waals surface area contributed by atoms with E-state index in [2.05, 4.69) is 5.32 Å². The van der Waals surface area contributed by atoms with Crippen molar-refractivity contribution in [3.8, 4) is 0 Å². The molecule has 0 spiro atoms. The molecule has 2 rings (SSSR count). The van der Waals surface area contributed by atoms with Crippen molar-refractivity contribution in [1.82, 2.24) is 10.2 Å². The van der Waals surface area contributed by atoms with E-state index in [4.69, 9.17) is 0 Å². The summed E-state index contributed by atoms with van der Waals surface area (Å²) in [5, 5.41) is 12.2. The summed E-state index contributed by atoms with van der Waals surface area (Å²) >= 11 is 0. The average Bonchev–Trinajstić information content (AvgIpc) is 3.24. The van der Waals surface area contributed by atoms with Gasteiger partial charge in [0.2, 0.25) is 11.8 Å². The Bertz CT molecular complexity index is 410. The molecule has 0 aromatic heterocycles. The van der Waals surface area contributed by atoms with Gasteiger partial charge in [-0.15, -0.1) is 0 Å². The summed E-state index contributed by atoms with van der Waals surface area (Å²) in [5.41, 5.74) is -0.460. The van der Waals surface area contributed by atoms with Crippen LogP contribution in [0.4, 0.5) is 0 Å². The molecule has 2 N–H and O–H groups in total. The van der Waals surface area contributed by atoms with E-state index in [1.807, 2.05) is 25.7 Å². The molecule has 21 heavy (non-hydrogen) atoms. The van der Waals surface area contributed by atoms with Crippen LogP contribution in [0.2, 0.25) is 0 Å². The molecular weight excluding hydrogens is 268 g/mol. The minimum absolute atomic E-state index is 0.0288. The van der Waals surface area contributed by atoms with Crippen molar-refractivity contribution in [2.24, 2.45) is 16.7 Å². The highest BCUT2D eigenvalue weighted by Gasteiger charge is 2.42. The number of aliphatic hydroxyl groups is 1. The van der Waals surface area contributed by atoms with Crippen molar-refractivity contribution < 1.29 is 14.7 Å². The number of likely N-dealkylation sites (tertiary alicyclic amines) is 1. The van der Waals surface area contributed by atoms with Crippen LogP contribution in [0, 0.1) is 16.7 Å². The van der Waals surface area contributed by atoms with Gasteiger partial charge in [0.25, 0.3) is 0 Å². The highest BCUT2D eigenvalue weighted by molar-refractivity contribution is 5.83. The number of nitrogens with one attached hydrogen (secondary N) is 1. The average molecular weight is 296 g/mol. The van der Waals surface area contributed by atoms with Crippen LogP contribution in [0.3, 0.4) is 0 Å². The van der Waals surface area contributed by atoms with E-state index in [1.54, 1.807) is 0 Å². The first-order valence-electron chi connectivity index (χ1n) is 7.95. The zero-order valence-electron chi connectivity index (χ0n) is 13.4. The molecule has 2 fully saturated rings. The number of carbonyl (C=O) groups is 2. The van der Waals surface area contributed by atoms with Crippen LogP contribution >= 0.6 is 0 Å². The van der Waals surface area contributed by atoms with Crippen LogP contribution < -0.4 is 5.32 Å². The van der Waals surface area contributed by atoms with Gasteiger partial charge in [0.1, 0.15) is 0 Å². The lowest BCUT2D eigenvalue weighted by atomic mass is 9.91. The second-order valence-electron chi connectivity index (χ2n) is 7.72. The second kappa shape index (κ2) is 5.95. The van der Waals surface area contributed by atoms with E-state index >= 15 is 0 Å². The van der Waals surface area contributed by atoms with E-state index < -0.39 is 5.41 Å². The molecule has 120 valence electrons. The van der Waals surface area contributed by atoms with Gasteiger partial charge in [-0.25, -0.2) is 0 Å². The van der Waals surface area contributed by atoms with Gasteiger partial charge in [0, 0.05) is 30.5 Å². The lowest BCUT2D eigenvalue weighted by molar-refractivity contribution is -0.142. The minimum atomic E-state index is -0.396. The van der Waals surface area contributed by atoms with Crippen molar-refractivity contribution in [3.63, 3.8) is 0 Å². The van der Waals surface area contributed by atoms with Crippen LogP contribution in [0.5, 0.6) is 0 Å². The highest BCUT2D eigenvalue weighted by Crippen LogP contribution is 2.44. The molecule has 0 aromatic carbocycles. The summed E-state index contributed by atoms with van der Waals surface area (Å²) in [7, 11) is 0. The normalized spacial score (nSPS) is 24.6. The molecule has 1 atom stereocenters. The predicted molar refractivity (Wildman–Crippen MR) is 80.5 cm³/mol. The number of aliphatic hydroxyl groups excluding tert-OH is 1. The molecular formula is C16H28N2O3. The maximum absolute atomic E-state index is 12.3. The number of carbonyl (C=O) groups excluding carboxylic acids is 2. The number of amides is 2. The minimum Gasteiger partial charge on any atom is -0.396 e. The molecule has 0 aromatic rings. The van der Waals surface area contributed by atoms with Crippen molar-refractivity contribution in [1.29, 1.82) is 0 Å². The molecule has 2 amide bonds. The van der Waals surface area contributed by atoms with E-state index in [0.717, 1.165) is 32.2 Å². The van der Waals surface area contributed by atoms with Crippen LogP contribution in [-0.4, -0.2) is 48.1 Å². The van der Waals surface area contributed by atoms with Crippen LogP contribution in [-0.2, 0) is 9.59 Å². The Morgan fingerprint density at radius 1 is 1.33 bits per heavy atom. The zero-order chi connectivity index (χ0) is 15.7. The van der Waals surface area contributed by atoms with E-state index in [-0.39, 0.29) is 29.8 Å². The number of rotatable bonds is 4. The fraction of sp³-hybridized carbons (Fsp3) is 0.875. The van der Waals surface area contributed by atoms with Crippen molar-refractivity contribution in [2.75, 3.05) is 26.2 Å². The van der Waals surface area contributed by atoms with Crippen LogP contribution in [0.15, 0.2) is 0 Å². The standard InChI is InChI=1S/C16H28N2O3/c1-15(2,3)14(21)18-8-4-5-12(9-18)13(20)17-10-16(11-19)6-7-16/h12,19H,4-11H2,1-3H3,(H,17,20)/t12-/m0/s1. The van der Waals surface area contributed by atoms with Gasteiger partial charge >= 0.3 is 0 Å². The molecule has 1 heterocycles. The fourth-order valence-corrected chi connectivity index (χ4v) is 2.84. The van der Waals surface area contributed by atoms with Crippen LogP contribution in [0.25, 0.3) is 0 Å². The number of hydrogen-bond donors (Lipinski definition) is 2. The second-order valence-corrected chi connectivity index (χ2v) is 7.72. The maximum atomic E-state index is 12.3. The molecule has 0 bridgehead atoms. The Labute approximate surface area is 127 Å². The third-order valence-corrected chi connectivity index (χ3v) is 4.65. The Morgan fingerprint density at radius 2 is 2.00 bits per heavy atom. The first-order chi connectivity index (χ1) is 9.77. The quantitative estimate of drug-likeness (QED) is 0.818. The molecule has 5 heteroatoms. The van der Waals surface area contributed by atoms with E-state index in [0.29, 0.717) is 13.1 Å². The maximum Gasteiger partial charge on any atom is 0.227 e. The first-order valence-corrected chi connectivity index (χ1v) is 7.95. The smallest absolute Gasteiger partial charge is 0.227 e. The number of nitrogens with zero attached hydrogens (tertiary/aromatic N) is 1. The Hall–Kier alpha value is -1.10. The summed E-state index contributed by atoms with van der Waals surface area (Å²) in [6, 6.07) is 0. The lowest BCUT2D eigenvalue weighted by Gasteiger charge is -2.36. The molecule has 0 unspecified atom stereocenters. The molecule has 1 saturated carbocycles. The third-order valence-electron chi connectivity index (χ3n) is 4.65. The van der Waals surface area contributed by atoms with Gasteiger partial charge in [-0.3, -0.25) is 9.59 Å². The molecule has 1 saturated heterocycles. The molecule has 2 aliphatic rings. The van der Waals surface area contributed by atoms with Crippen LogP contribution in [0.1, 0.15) is 46.5 Å². The Morgan fingerprint density at radius 3 is 2.52 bits per heavy atom. The SMILES string of the molecule is CC(C)(C)C(=O)N1CCC[C@H](C(=O)NCC2(CO)CC2)C1. The number of hydrogen-bond acceptors (Lipinski definition) is 3. The molecule has 1 aliphatic heterocycles. The summed E-state index contributed by atoms with van der Waals surface area (Å²) in [4.78, 5) is 26.4. The van der Waals surface area contributed by atoms with Gasteiger partial charge in [-0.05, 0) is 25.7 Å². The summed E-state index contributed by atoms with van der Waals surface area (Å²) in [6.07, 6.45) is 3.70. The van der Waals surface area contributed by atoms with E-state index in [1.165, 1.54) is 0 Å². The largest absolute Gasteiger partial charge is 0.396 e. The Kier molecular flexibility index (Phi) is 4.61. The fourth-order valence-electron chi connectivity index (χ4n) is 2.84. The zero-order valence-corrected chi connectivity index (χ0v) is 13.4. The van der Waals surface area contributed by atoms with Gasteiger partial charge in [0.05, 0.1) is 12.5 Å². The summed E-state index contributed by atoms with van der Waals surface area (Å²) in [5.74, 6) is 0.0368.